The maximum Gasteiger partial charge on any atom is 0.278 e. The number of rotatable bonds is 4. The predicted molar refractivity (Wildman–Crippen MR) is 74.0 cm³/mol. The minimum atomic E-state index is -0.412. The third kappa shape index (κ3) is 3.11. The molecule has 0 N–H and O–H groups in total. The zero-order chi connectivity index (χ0) is 12.8. The Bertz CT molecular complexity index is 589. The highest BCUT2D eigenvalue weighted by molar-refractivity contribution is 7.10. The summed E-state index contributed by atoms with van der Waals surface area (Å²) in [5.74, 6) is 0. The molecule has 2 rings (SSSR count). The van der Waals surface area contributed by atoms with Gasteiger partial charge in [0.15, 0.2) is 0 Å². The van der Waals surface area contributed by atoms with E-state index in [0.717, 1.165) is 4.88 Å². The van der Waals surface area contributed by atoms with E-state index in [4.69, 9.17) is 0 Å². The van der Waals surface area contributed by atoms with E-state index in [1.807, 2.05) is 23.6 Å². The number of aliphatic imine (C=N–C) groups is 1. The van der Waals surface area contributed by atoms with Crippen LogP contribution in [-0.2, 0) is 0 Å². The van der Waals surface area contributed by atoms with Crippen LogP contribution >= 0.6 is 11.3 Å². The molecule has 1 aromatic carbocycles. The van der Waals surface area contributed by atoms with Gasteiger partial charge in [0.05, 0.1) is 10.5 Å². The highest BCUT2D eigenvalue weighted by Crippen LogP contribution is 2.15. The smallest absolute Gasteiger partial charge is 0.264 e. The molecule has 0 bridgehead atoms. The molecule has 0 saturated carbocycles. The van der Waals surface area contributed by atoms with E-state index >= 15 is 0 Å². The fraction of sp³-hybridized carbons (Fsp3) is 0. The van der Waals surface area contributed by atoms with Crippen molar-refractivity contribution in [2.45, 2.75) is 0 Å². The molecule has 0 atom stereocenters. The topological polar surface area (TPSA) is 55.5 Å². The van der Waals surface area contributed by atoms with Gasteiger partial charge in [0.1, 0.15) is 0 Å². The summed E-state index contributed by atoms with van der Waals surface area (Å²) in [6.45, 7) is 0. The molecule has 0 spiro atoms. The van der Waals surface area contributed by atoms with Gasteiger partial charge in [-0.25, -0.2) is 0 Å². The summed E-state index contributed by atoms with van der Waals surface area (Å²) >= 11 is 1.61. The normalized spacial score (nSPS) is 11.3. The van der Waals surface area contributed by atoms with Crippen LogP contribution in [-0.4, -0.2) is 11.1 Å². The Morgan fingerprint density at radius 3 is 2.78 bits per heavy atom. The van der Waals surface area contributed by atoms with Gasteiger partial charge >= 0.3 is 0 Å². The minimum Gasteiger partial charge on any atom is -0.264 e. The van der Waals surface area contributed by atoms with E-state index in [0.29, 0.717) is 5.56 Å². The largest absolute Gasteiger partial charge is 0.278 e. The third-order valence-corrected chi connectivity index (χ3v) is 3.05. The van der Waals surface area contributed by atoms with Crippen LogP contribution < -0.4 is 0 Å². The lowest BCUT2D eigenvalue weighted by atomic mass is 10.2. The molecule has 0 saturated heterocycles. The summed E-state index contributed by atoms with van der Waals surface area (Å²) in [5.41, 5.74) is 0.559. The Labute approximate surface area is 108 Å². The quantitative estimate of drug-likeness (QED) is 0.476. The molecule has 18 heavy (non-hydrogen) atoms. The standard InChI is InChI=1S/C13H10N2O2S/c16-15(17)13-6-2-1-4-11(13)10-14-8-7-12-5-3-9-18-12/h1-10H/b8-7+,14-10?. The number of nitrogens with zero attached hydrogens (tertiary/aromatic N) is 2. The van der Waals surface area contributed by atoms with Crippen LogP contribution in [0.15, 0.2) is 53.0 Å². The zero-order valence-corrected chi connectivity index (χ0v) is 10.2. The van der Waals surface area contributed by atoms with Crippen molar-refractivity contribution >= 4 is 29.3 Å². The molecular weight excluding hydrogens is 248 g/mol. The third-order valence-electron chi connectivity index (χ3n) is 2.22. The monoisotopic (exact) mass is 258 g/mol. The van der Waals surface area contributed by atoms with Crippen molar-refractivity contribution in [1.29, 1.82) is 0 Å². The van der Waals surface area contributed by atoms with Crippen LogP contribution in [0.5, 0.6) is 0 Å². The minimum absolute atomic E-state index is 0.0609. The van der Waals surface area contributed by atoms with Crippen LogP contribution in [0.3, 0.4) is 0 Å². The summed E-state index contributed by atoms with van der Waals surface area (Å²) in [4.78, 5) is 15.5. The van der Waals surface area contributed by atoms with Gasteiger partial charge in [-0.2, -0.15) is 0 Å². The van der Waals surface area contributed by atoms with Crippen molar-refractivity contribution in [2.24, 2.45) is 4.99 Å². The van der Waals surface area contributed by atoms with Gasteiger partial charge in [-0.3, -0.25) is 15.1 Å². The first-order valence-corrected chi connectivity index (χ1v) is 6.12. The Kier molecular flexibility index (Phi) is 3.98. The first kappa shape index (κ1) is 12.2. The lowest BCUT2D eigenvalue weighted by molar-refractivity contribution is -0.385. The van der Waals surface area contributed by atoms with Gasteiger partial charge < -0.3 is 0 Å². The second-order valence-corrected chi connectivity index (χ2v) is 4.40. The molecule has 0 aliphatic carbocycles. The SMILES string of the molecule is O=[N+]([O-])c1ccccc1C=N/C=C/c1cccs1. The van der Waals surface area contributed by atoms with E-state index in [9.17, 15) is 10.1 Å². The van der Waals surface area contributed by atoms with Crippen molar-refractivity contribution in [1.82, 2.24) is 0 Å². The Morgan fingerprint density at radius 1 is 1.22 bits per heavy atom. The van der Waals surface area contributed by atoms with Gasteiger partial charge in [0.25, 0.3) is 5.69 Å². The molecule has 0 unspecified atom stereocenters. The molecule has 4 nitrogen and oxygen atoms in total. The van der Waals surface area contributed by atoms with Crippen molar-refractivity contribution in [3.8, 4) is 0 Å². The molecule has 1 aromatic heterocycles. The maximum atomic E-state index is 10.8. The Morgan fingerprint density at radius 2 is 2.06 bits per heavy atom. The van der Waals surface area contributed by atoms with Gasteiger partial charge in [0.2, 0.25) is 0 Å². The lowest BCUT2D eigenvalue weighted by Crippen LogP contribution is -1.93. The van der Waals surface area contributed by atoms with Crippen molar-refractivity contribution in [3.05, 3.63) is 68.5 Å². The first-order valence-electron chi connectivity index (χ1n) is 5.24. The van der Waals surface area contributed by atoms with Crippen molar-refractivity contribution in [2.75, 3.05) is 0 Å². The molecule has 0 aliphatic rings. The van der Waals surface area contributed by atoms with E-state index in [1.54, 1.807) is 35.7 Å². The Balaban J connectivity index is 2.12. The van der Waals surface area contributed by atoms with E-state index in [2.05, 4.69) is 4.99 Å². The summed E-state index contributed by atoms with van der Waals surface area (Å²) < 4.78 is 0. The summed E-state index contributed by atoms with van der Waals surface area (Å²) in [6.07, 6.45) is 4.97. The lowest BCUT2D eigenvalue weighted by Gasteiger charge is -1.94. The average molecular weight is 258 g/mol. The number of thiophene rings is 1. The fourth-order valence-electron chi connectivity index (χ4n) is 1.39. The number of hydrogen-bond acceptors (Lipinski definition) is 4. The molecule has 5 heteroatoms. The number of benzene rings is 1. The molecule has 0 amide bonds. The van der Waals surface area contributed by atoms with Crippen LogP contribution in [0.2, 0.25) is 0 Å². The predicted octanol–water partition coefficient (Wildman–Crippen LogP) is 3.75. The highest BCUT2D eigenvalue weighted by Gasteiger charge is 2.09. The second kappa shape index (κ2) is 5.88. The van der Waals surface area contributed by atoms with Crippen molar-refractivity contribution in [3.63, 3.8) is 0 Å². The van der Waals surface area contributed by atoms with Gasteiger partial charge in [-0.15, -0.1) is 11.3 Å². The number of nitro benzene ring substituents is 1. The van der Waals surface area contributed by atoms with Crippen molar-refractivity contribution < 1.29 is 4.92 Å². The average Bonchev–Trinajstić information content (AvgIpc) is 2.88. The molecular formula is C13H10N2O2S. The maximum absolute atomic E-state index is 10.8. The van der Waals surface area contributed by atoms with Crippen LogP contribution in [0.25, 0.3) is 6.08 Å². The first-order chi connectivity index (χ1) is 8.77. The van der Waals surface area contributed by atoms with E-state index in [1.165, 1.54) is 12.3 Å². The fourth-order valence-corrected chi connectivity index (χ4v) is 2.00. The molecule has 0 radical (unpaired) electrons. The summed E-state index contributed by atoms with van der Waals surface area (Å²) in [6, 6.07) is 10.4. The summed E-state index contributed by atoms with van der Waals surface area (Å²) in [7, 11) is 0. The molecule has 1 heterocycles. The van der Waals surface area contributed by atoms with Gasteiger partial charge in [0, 0.05) is 23.4 Å². The van der Waals surface area contributed by atoms with Crippen LogP contribution in [0.1, 0.15) is 10.4 Å². The van der Waals surface area contributed by atoms with Crippen LogP contribution in [0.4, 0.5) is 5.69 Å². The number of hydrogen-bond donors (Lipinski definition) is 0. The highest BCUT2D eigenvalue weighted by atomic mass is 32.1. The second-order valence-electron chi connectivity index (χ2n) is 3.43. The van der Waals surface area contributed by atoms with E-state index in [-0.39, 0.29) is 5.69 Å². The molecule has 2 aromatic rings. The van der Waals surface area contributed by atoms with E-state index < -0.39 is 4.92 Å². The van der Waals surface area contributed by atoms with Crippen LogP contribution in [0, 0.1) is 10.1 Å². The summed E-state index contributed by atoms with van der Waals surface area (Å²) in [5, 5.41) is 12.7. The molecule has 90 valence electrons. The number of para-hydroxylation sites is 1. The molecule has 0 aliphatic heterocycles. The Hall–Kier alpha value is -2.27. The van der Waals surface area contributed by atoms with Gasteiger partial charge in [-0.05, 0) is 23.6 Å². The van der Waals surface area contributed by atoms with Gasteiger partial charge in [-0.1, -0.05) is 18.2 Å². The molecule has 0 fully saturated rings. The zero-order valence-electron chi connectivity index (χ0n) is 9.39. The number of nitro groups is 1.